The lowest BCUT2D eigenvalue weighted by Crippen LogP contribution is -2.03. The molecule has 2 N–H and O–H groups in total. The van der Waals surface area contributed by atoms with Gasteiger partial charge in [-0.3, -0.25) is 4.79 Å². The van der Waals surface area contributed by atoms with Gasteiger partial charge in [-0.15, -0.1) is 0 Å². The molecule has 0 saturated heterocycles. The number of nitrogens with two attached hydrogens (primary N) is 1. The Morgan fingerprint density at radius 2 is 1.61 bits per heavy atom. The van der Waals surface area contributed by atoms with Crippen LogP contribution in [0, 0.1) is 13.8 Å². The molecule has 92 valence electrons. The van der Waals surface area contributed by atoms with Gasteiger partial charge in [0.1, 0.15) is 0 Å². The molecule has 0 unspecified atom stereocenters. The maximum Gasteiger partial charge on any atom is 0.193 e. The van der Waals surface area contributed by atoms with Gasteiger partial charge < -0.3 is 5.73 Å². The van der Waals surface area contributed by atoms with Crippen LogP contribution >= 0.6 is 11.6 Å². The van der Waals surface area contributed by atoms with Gasteiger partial charge in [0, 0.05) is 21.8 Å². The van der Waals surface area contributed by atoms with E-state index >= 15 is 0 Å². The third-order valence-electron chi connectivity index (χ3n) is 2.97. The molecule has 0 bridgehead atoms. The standard InChI is InChI=1S/C15H14ClNO/c1-9-3-4-12(8-13(9)16)15(18)11-5-6-14(17)10(2)7-11/h3-8H,17H2,1-2H3. The summed E-state index contributed by atoms with van der Waals surface area (Å²) in [5, 5.41) is 0.605. The molecular formula is C15H14ClNO. The van der Waals surface area contributed by atoms with Crippen molar-refractivity contribution in [3.63, 3.8) is 0 Å². The van der Waals surface area contributed by atoms with Crippen LogP contribution in [0.4, 0.5) is 5.69 Å². The van der Waals surface area contributed by atoms with Crippen LogP contribution in [-0.2, 0) is 0 Å². The second kappa shape index (κ2) is 4.83. The number of halogens is 1. The smallest absolute Gasteiger partial charge is 0.193 e. The van der Waals surface area contributed by atoms with Gasteiger partial charge >= 0.3 is 0 Å². The monoisotopic (exact) mass is 259 g/mol. The average Bonchev–Trinajstić information content (AvgIpc) is 2.35. The number of benzene rings is 2. The van der Waals surface area contributed by atoms with Crippen LogP contribution in [0.25, 0.3) is 0 Å². The lowest BCUT2D eigenvalue weighted by molar-refractivity contribution is 0.103. The SMILES string of the molecule is Cc1cc(C(=O)c2ccc(C)c(Cl)c2)ccc1N. The zero-order valence-electron chi connectivity index (χ0n) is 10.3. The molecule has 0 heterocycles. The summed E-state index contributed by atoms with van der Waals surface area (Å²) in [7, 11) is 0. The highest BCUT2D eigenvalue weighted by Gasteiger charge is 2.11. The third kappa shape index (κ3) is 2.39. The number of anilines is 1. The Bertz CT molecular complexity index is 566. The first kappa shape index (κ1) is 12.7. The number of carbonyl (C=O) groups excluding carboxylic acids is 1. The minimum absolute atomic E-state index is 0.0417. The summed E-state index contributed by atoms with van der Waals surface area (Å²) in [5.41, 5.74) is 9.51. The van der Waals surface area contributed by atoms with E-state index in [2.05, 4.69) is 0 Å². The van der Waals surface area contributed by atoms with Crippen molar-refractivity contribution < 1.29 is 4.79 Å². The summed E-state index contributed by atoms with van der Waals surface area (Å²) in [6.07, 6.45) is 0. The molecule has 0 fully saturated rings. The number of rotatable bonds is 2. The molecule has 2 rings (SSSR count). The first-order valence-electron chi connectivity index (χ1n) is 5.66. The fraction of sp³-hybridized carbons (Fsp3) is 0.133. The average molecular weight is 260 g/mol. The van der Waals surface area contributed by atoms with E-state index < -0.39 is 0 Å². The van der Waals surface area contributed by atoms with Gasteiger partial charge in [-0.1, -0.05) is 23.7 Å². The Hall–Kier alpha value is -1.80. The quantitative estimate of drug-likeness (QED) is 0.659. The van der Waals surface area contributed by atoms with Gasteiger partial charge in [0.2, 0.25) is 0 Å². The normalized spacial score (nSPS) is 10.4. The Kier molecular flexibility index (Phi) is 3.39. The molecule has 0 aromatic heterocycles. The van der Waals surface area contributed by atoms with Gasteiger partial charge in [0.05, 0.1) is 0 Å². The highest BCUT2D eigenvalue weighted by atomic mass is 35.5. The maximum absolute atomic E-state index is 12.3. The molecule has 0 amide bonds. The molecule has 0 aliphatic carbocycles. The van der Waals surface area contributed by atoms with Crippen molar-refractivity contribution in [1.82, 2.24) is 0 Å². The zero-order valence-corrected chi connectivity index (χ0v) is 11.1. The summed E-state index contributed by atoms with van der Waals surface area (Å²) in [6.45, 7) is 3.79. The summed E-state index contributed by atoms with van der Waals surface area (Å²) in [5.74, 6) is -0.0417. The largest absolute Gasteiger partial charge is 0.399 e. The molecule has 18 heavy (non-hydrogen) atoms. The van der Waals surface area contributed by atoms with Crippen LogP contribution in [0.5, 0.6) is 0 Å². The van der Waals surface area contributed by atoms with E-state index in [1.165, 1.54) is 0 Å². The van der Waals surface area contributed by atoms with Crippen molar-refractivity contribution in [2.45, 2.75) is 13.8 Å². The van der Waals surface area contributed by atoms with E-state index in [0.29, 0.717) is 21.8 Å². The van der Waals surface area contributed by atoms with E-state index in [1.807, 2.05) is 19.9 Å². The van der Waals surface area contributed by atoms with Crippen LogP contribution in [-0.4, -0.2) is 5.78 Å². The Morgan fingerprint density at radius 3 is 2.22 bits per heavy atom. The van der Waals surface area contributed by atoms with E-state index in [9.17, 15) is 4.79 Å². The second-order valence-corrected chi connectivity index (χ2v) is 4.77. The van der Waals surface area contributed by atoms with Crippen molar-refractivity contribution in [1.29, 1.82) is 0 Å². The Labute approximate surface area is 111 Å². The lowest BCUT2D eigenvalue weighted by atomic mass is 10.00. The maximum atomic E-state index is 12.3. The van der Waals surface area contributed by atoms with Gasteiger partial charge in [-0.25, -0.2) is 0 Å². The first-order valence-corrected chi connectivity index (χ1v) is 6.04. The number of hydrogen-bond donors (Lipinski definition) is 1. The zero-order chi connectivity index (χ0) is 13.3. The highest BCUT2D eigenvalue weighted by molar-refractivity contribution is 6.31. The molecule has 2 nitrogen and oxygen atoms in total. The molecule has 0 aliphatic rings. The van der Waals surface area contributed by atoms with Crippen LogP contribution < -0.4 is 5.73 Å². The number of aryl methyl sites for hydroxylation is 2. The predicted molar refractivity (Wildman–Crippen MR) is 75.2 cm³/mol. The van der Waals surface area contributed by atoms with Crippen molar-refractivity contribution in [3.05, 3.63) is 63.7 Å². The number of ketones is 1. The molecule has 2 aromatic carbocycles. The van der Waals surface area contributed by atoms with Crippen molar-refractivity contribution in [2.24, 2.45) is 0 Å². The minimum Gasteiger partial charge on any atom is -0.399 e. The number of carbonyl (C=O) groups is 1. The van der Waals surface area contributed by atoms with Gasteiger partial charge in [0.15, 0.2) is 5.78 Å². The summed E-state index contributed by atoms with van der Waals surface area (Å²) in [4.78, 5) is 12.3. The number of nitrogen functional groups attached to an aromatic ring is 1. The van der Waals surface area contributed by atoms with Crippen LogP contribution in [0.15, 0.2) is 36.4 Å². The lowest BCUT2D eigenvalue weighted by Gasteiger charge is -2.06. The van der Waals surface area contributed by atoms with Gasteiger partial charge in [-0.2, -0.15) is 0 Å². The van der Waals surface area contributed by atoms with E-state index in [4.69, 9.17) is 17.3 Å². The molecular weight excluding hydrogens is 246 g/mol. The third-order valence-corrected chi connectivity index (χ3v) is 3.37. The Morgan fingerprint density at radius 1 is 1.00 bits per heavy atom. The predicted octanol–water partition coefficient (Wildman–Crippen LogP) is 3.77. The summed E-state index contributed by atoms with van der Waals surface area (Å²) >= 11 is 6.03. The Balaban J connectivity index is 2.41. The summed E-state index contributed by atoms with van der Waals surface area (Å²) < 4.78 is 0. The van der Waals surface area contributed by atoms with Crippen LogP contribution in [0.1, 0.15) is 27.0 Å². The molecule has 2 aromatic rings. The highest BCUT2D eigenvalue weighted by Crippen LogP contribution is 2.20. The first-order chi connectivity index (χ1) is 8.49. The van der Waals surface area contributed by atoms with E-state index in [1.54, 1.807) is 30.3 Å². The molecule has 0 atom stereocenters. The van der Waals surface area contributed by atoms with Gasteiger partial charge in [-0.05, 0) is 49.2 Å². The van der Waals surface area contributed by atoms with Crippen LogP contribution in [0.3, 0.4) is 0 Å². The second-order valence-electron chi connectivity index (χ2n) is 4.36. The van der Waals surface area contributed by atoms with Gasteiger partial charge in [0.25, 0.3) is 0 Å². The van der Waals surface area contributed by atoms with E-state index in [0.717, 1.165) is 11.1 Å². The van der Waals surface area contributed by atoms with Crippen molar-refractivity contribution in [2.75, 3.05) is 5.73 Å². The summed E-state index contributed by atoms with van der Waals surface area (Å²) in [6, 6.07) is 10.6. The number of hydrogen-bond acceptors (Lipinski definition) is 2. The molecule has 3 heteroatoms. The molecule has 0 spiro atoms. The van der Waals surface area contributed by atoms with Crippen molar-refractivity contribution >= 4 is 23.1 Å². The minimum atomic E-state index is -0.0417. The van der Waals surface area contributed by atoms with Crippen LogP contribution in [0.2, 0.25) is 5.02 Å². The molecule has 0 radical (unpaired) electrons. The van der Waals surface area contributed by atoms with Crippen molar-refractivity contribution in [3.8, 4) is 0 Å². The molecule has 0 saturated carbocycles. The molecule has 0 aliphatic heterocycles. The van der Waals surface area contributed by atoms with E-state index in [-0.39, 0.29) is 5.78 Å². The fourth-order valence-electron chi connectivity index (χ4n) is 1.72. The fourth-order valence-corrected chi connectivity index (χ4v) is 1.90. The topological polar surface area (TPSA) is 43.1 Å².